The van der Waals surface area contributed by atoms with Crippen molar-refractivity contribution in [2.24, 2.45) is 5.41 Å². The lowest BCUT2D eigenvalue weighted by atomic mass is 9.87. The predicted molar refractivity (Wildman–Crippen MR) is 73.9 cm³/mol. The molecule has 1 unspecified atom stereocenters. The molecule has 1 N–H and O–H groups in total. The summed E-state index contributed by atoms with van der Waals surface area (Å²) < 4.78 is 1.01. The fraction of sp³-hybridized carbons (Fsp3) is 0.500. The molecule has 2 nitrogen and oxygen atoms in total. The monoisotopic (exact) mass is 292 g/mol. The summed E-state index contributed by atoms with van der Waals surface area (Å²) in [6.07, 6.45) is 3.70. The minimum absolute atomic E-state index is 0.315. The molecule has 0 heterocycles. The van der Waals surface area contributed by atoms with Crippen molar-refractivity contribution >= 4 is 21.6 Å². The molecular weight excluding hydrogens is 276 g/mol. The Labute approximate surface area is 111 Å². The van der Waals surface area contributed by atoms with Crippen LogP contribution in [0, 0.1) is 16.7 Å². The SMILES string of the molecule is CC1(C)CCCC1Nc1cc(Br)ccc1C#N. The van der Waals surface area contributed by atoms with Gasteiger partial charge in [-0.3, -0.25) is 0 Å². The topological polar surface area (TPSA) is 35.8 Å². The summed E-state index contributed by atoms with van der Waals surface area (Å²) in [7, 11) is 0. The first-order valence-corrected chi connectivity index (χ1v) is 6.78. The maximum atomic E-state index is 9.11. The van der Waals surface area contributed by atoms with Crippen LogP contribution in [0.5, 0.6) is 0 Å². The second-order valence-electron chi connectivity index (χ2n) is 5.38. The normalized spacial score (nSPS) is 22.1. The zero-order valence-electron chi connectivity index (χ0n) is 10.3. The summed E-state index contributed by atoms with van der Waals surface area (Å²) >= 11 is 3.45. The number of nitrogens with zero attached hydrogens (tertiary/aromatic N) is 1. The fourth-order valence-corrected chi connectivity index (χ4v) is 2.88. The van der Waals surface area contributed by atoms with E-state index in [9.17, 15) is 0 Å². The molecule has 1 aliphatic carbocycles. The molecule has 0 aromatic heterocycles. The minimum atomic E-state index is 0.315. The highest BCUT2D eigenvalue weighted by Gasteiger charge is 2.34. The molecule has 17 heavy (non-hydrogen) atoms. The quantitative estimate of drug-likeness (QED) is 0.882. The van der Waals surface area contributed by atoms with Crippen LogP contribution < -0.4 is 5.32 Å². The molecule has 0 spiro atoms. The maximum Gasteiger partial charge on any atom is 0.101 e. The standard InChI is InChI=1S/C14H17BrN2/c1-14(2)7-3-4-13(14)17-12-8-11(15)6-5-10(12)9-16/h5-6,8,13,17H,3-4,7H2,1-2H3. The van der Waals surface area contributed by atoms with Crippen molar-refractivity contribution in [3.63, 3.8) is 0 Å². The van der Waals surface area contributed by atoms with E-state index in [0.717, 1.165) is 15.7 Å². The van der Waals surface area contributed by atoms with Crippen molar-refractivity contribution in [1.29, 1.82) is 5.26 Å². The Hall–Kier alpha value is -1.01. The molecule has 0 saturated heterocycles. The van der Waals surface area contributed by atoms with Gasteiger partial charge in [-0.2, -0.15) is 5.26 Å². The molecule has 0 radical (unpaired) electrons. The van der Waals surface area contributed by atoms with E-state index in [4.69, 9.17) is 5.26 Å². The lowest BCUT2D eigenvalue weighted by molar-refractivity contribution is 0.350. The zero-order valence-corrected chi connectivity index (χ0v) is 11.8. The number of halogens is 1. The molecule has 1 aromatic rings. The van der Waals surface area contributed by atoms with Crippen molar-refractivity contribution in [3.8, 4) is 6.07 Å². The van der Waals surface area contributed by atoms with Crippen LogP contribution in [0.4, 0.5) is 5.69 Å². The molecule has 1 aliphatic rings. The van der Waals surface area contributed by atoms with Crippen LogP contribution in [0.25, 0.3) is 0 Å². The molecule has 1 fully saturated rings. The summed E-state index contributed by atoms with van der Waals surface area (Å²) in [6.45, 7) is 4.59. The third-order valence-corrected chi connectivity index (χ3v) is 4.18. The largest absolute Gasteiger partial charge is 0.381 e. The van der Waals surface area contributed by atoms with Gasteiger partial charge in [-0.05, 0) is 36.5 Å². The summed E-state index contributed by atoms with van der Waals surface area (Å²) in [5.41, 5.74) is 1.98. The average molecular weight is 293 g/mol. The number of rotatable bonds is 2. The Morgan fingerprint density at radius 3 is 2.82 bits per heavy atom. The van der Waals surface area contributed by atoms with Crippen LogP contribution in [0.15, 0.2) is 22.7 Å². The molecule has 1 atom stereocenters. The molecular formula is C14H17BrN2. The highest BCUT2D eigenvalue weighted by atomic mass is 79.9. The summed E-state index contributed by atoms with van der Waals surface area (Å²) in [5.74, 6) is 0. The van der Waals surface area contributed by atoms with Crippen molar-refractivity contribution in [3.05, 3.63) is 28.2 Å². The van der Waals surface area contributed by atoms with Gasteiger partial charge in [-0.25, -0.2) is 0 Å². The lowest BCUT2D eigenvalue weighted by Crippen LogP contribution is -2.31. The van der Waals surface area contributed by atoms with E-state index in [0.29, 0.717) is 11.5 Å². The van der Waals surface area contributed by atoms with Gasteiger partial charge >= 0.3 is 0 Å². The lowest BCUT2D eigenvalue weighted by Gasteiger charge is -2.29. The first-order chi connectivity index (χ1) is 8.03. The van der Waals surface area contributed by atoms with Crippen LogP contribution in [0.2, 0.25) is 0 Å². The molecule has 90 valence electrons. The number of hydrogen-bond donors (Lipinski definition) is 1. The Kier molecular flexibility index (Phi) is 3.44. The van der Waals surface area contributed by atoms with Gasteiger partial charge in [0.15, 0.2) is 0 Å². The van der Waals surface area contributed by atoms with E-state index in [1.807, 2.05) is 18.2 Å². The second kappa shape index (κ2) is 4.70. The van der Waals surface area contributed by atoms with Crippen LogP contribution in [0.3, 0.4) is 0 Å². The van der Waals surface area contributed by atoms with Gasteiger partial charge in [-0.1, -0.05) is 36.2 Å². The van der Waals surface area contributed by atoms with E-state index >= 15 is 0 Å². The molecule has 0 bridgehead atoms. The summed E-state index contributed by atoms with van der Waals surface area (Å²) in [6, 6.07) is 8.46. The van der Waals surface area contributed by atoms with Gasteiger partial charge in [-0.15, -0.1) is 0 Å². The van der Waals surface area contributed by atoms with Gasteiger partial charge in [0, 0.05) is 10.5 Å². The number of anilines is 1. The summed E-state index contributed by atoms with van der Waals surface area (Å²) in [4.78, 5) is 0. The zero-order chi connectivity index (χ0) is 12.5. The number of nitriles is 1. The molecule has 1 aromatic carbocycles. The Balaban J connectivity index is 2.24. The van der Waals surface area contributed by atoms with Crippen molar-refractivity contribution in [2.45, 2.75) is 39.2 Å². The molecule has 0 aliphatic heterocycles. The highest BCUT2D eigenvalue weighted by molar-refractivity contribution is 9.10. The molecule has 0 amide bonds. The summed E-state index contributed by atoms with van der Waals surface area (Å²) in [5, 5.41) is 12.6. The third-order valence-electron chi connectivity index (χ3n) is 3.69. The average Bonchev–Trinajstić information content (AvgIpc) is 2.59. The van der Waals surface area contributed by atoms with Gasteiger partial charge in [0.2, 0.25) is 0 Å². The van der Waals surface area contributed by atoms with E-state index in [-0.39, 0.29) is 0 Å². The smallest absolute Gasteiger partial charge is 0.101 e. The number of benzene rings is 1. The predicted octanol–water partition coefficient (Wildman–Crippen LogP) is 4.31. The molecule has 2 rings (SSSR count). The Bertz CT molecular complexity index is 460. The van der Waals surface area contributed by atoms with Crippen LogP contribution in [0.1, 0.15) is 38.7 Å². The van der Waals surface area contributed by atoms with E-state index < -0.39 is 0 Å². The Morgan fingerprint density at radius 2 is 2.24 bits per heavy atom. The van der Waals surface area contributed by atoms with Crippen molar-refractivity contribution in [1.82, 2.24) is 0 Å². The number of hydrogen-bond acceptors (Lipinski definition) is 2. The Morgan fingerprint density at radius 1 is 1.47 bits per heavy atom. The highest BCUT2D eigenvalue weighted by Crippen LogP contribution is 2.39. The first kappa shape index (κ1) is 12.4. The van der Waals surface area contributed by atoms with Gasteiger partial charge in [0.1, 0.15) is 6.07 Å². The molecule has 1 saturated carbocycles. The van der Waals surface area contributed by atoms with Gasteiger partial charge < -0.3 is 5.32 Å². The van der Waals surface area contributed by atoms with Crippen molar-refractivity contribution in [2.75, 3.05) is 5.32 Å². The first-order valence-electron chi connectivity index (χ1n) is 5.99. The van der Waals surface area contributed by atoms with E-state index in [1.54, 1.807) is 0 Å². The maximum absolute atomic E-state index is 9.11. The number of nitrogens with one attached hydrogen (secondary N) is 1. The van der Waals surface area contributed by atoms with Crippen LogP contribution in [-0.2, 0) is 0 Å². The van der Waals surface area contributed by atoms with Crippen LogP contribution in [-0.4, -0.2) is 6.04 Å². The van der Waals surface area contributed by atoms with Crippen LogP contribution >= 0.6 is 15.9 Å². The van der Waals surface area contributed by atoms with E-state index in [1.165, 1.54) is 19.3 Å². The fourth-order valence-electron chi connectivity index (χ4n) is 2.52. The second-order valence-corrected chi connectivity index (χ2v) is 6.30. The van der Waals surface area contributed by atoms with Gasteiger partial charge in [0.25, 0.3) is 0 Å². The third kappa shape index (κ3) is 2.63. The molecule has 3 heteroatoms. The minimum Gasteiger partial charge on any atom is -0.381 e. The van der Waals surface area contributed by atoms with E-state index in [2.05, 4.69) is 41.2 Å². The van der Waals surface area contributed by atoms with Crippen molar-refractivity contribution < 1.29 is 0 Å². The van der Waals surface area contributed by atoms with Gasteiger partial charge in [0.05, 0.1) is 11.3 Å².